The van der Waals surface area contributed by atoms with Crippen LogP contribution in [0.2, 0.25) is 5.02 Å². The third-order valence-electron chi connectivity index (χ3n) is 3.95. The number of hydrogen-bond donors (Lipinski definition) is 1. The van der Waals surface area contributed by atoms with Gasteiger partial charge in [0.05, 0.1) is 28.5 Å². The minimum atomic E-state index is -0.554. The van der Waals surface area contributed by atoms with Gasteiger partial charge in [-0.15, -0.1) is 11.3 Å². The predicted molar refractivity (Wildman–Crippen MR) is 101 cm³/mol. The van der Waals surface area contributed by atoms with E-state index >= 15 is 0 Å². The van der Waals surface area contributed by atoms with Gasteiger partial charge in [0.25, 0.3) is 0 Å². The number of anilines is 1. The first-order chi connectivity index (χ1) is 11.9. The summed E-state index contributed by atoms with van der Waals surface area (Å²) in [6.45, 7) is 2.31. The van der Waals surface area contributed by atoms with E-state index in [1.807, 2.05) is 36.2 Å². The Labute approximate surface area is 154 Å². The van der Waals surface area contributed by atoms with Crippen molar-refractivity contribution in [2.24, 2.45) is 0 Å². The molecule has 0 saturated carbocycles. The van der Waals surface area contributed by atoms with E-state index in [9.17, 15) is 9.18 Å². The Morgan fingerprint density at radius 1 is 1.36 bits per heavy atom. The fourth-order valence-corrected chi connectivity index (χ4v) is 3.56. The number of carbonyl (C=O) groups excluding carboxylic acids is 1. The average Bonchev–Trinajstić information content (AvgIpc) is 2.98. The highest BCUT2D eigenvalue weighted by molar-refractivity contribution is 7.18. The maximum Gasteiger partial charge on any atom is 0.241 e. The number of aromatic nitrogens is 1. The van der Waals surface area contributed by atoms with Crippen molar-refractivity contribution in [3.8, 4) is 0 Å². The van der Waals surface area contributed by atoms with Crippen molar-refractivity contribution < 1.29 is 9.18 Å². The summed E-state index contributed by atoms with van der Waals surface area (Å²) in [5, 5.41) is 3.82. The highest BCUT2D eigenvalue weighted by Crippen LogP contribution is 2.23. The van der Waals surface area contributed by atoms with E-state index in [0.29, 0.717) is 6.54 Å². The van der Waals surface area contributed by atoms with Gasteiger partial charge in [0.2, 0.25) is 5.91 Å². The summed E-state index contributed by atoms with van der Waals surface area (Å²) < 4.78 is 14.9. The molecule has 4 nitrogen and oxygen atoms in total. The molecule has 0 aliphatic heterocycles. The summed E-state index contributed by atoms with van der Waals surface area (Å²) in [7, 11) is 1.84. The lowest BCUT2D eigenvalue weighted by molar-refractivity contribution is -0.120. The van der Waals surface area contributed by atoms with Gasteiger partial charge >= 0.3 is 0 Å². The summed E-state index contributed by atoms with van der Waals surface area (Å²) in [4.78, 5) is 18.8. The highest BCUT2D eigenvalue weighted by atomic mass is 35.5. The van der Waals surface area contributed by atoms with E-state index < -0.39 is 11.9 Å². The first-order valence-corrected chi connectivity index (χ1v) is 8.94. The van der Waals surface area contributed by atoms with Crippen molar-refractivity contribution in [2.45, 2.75) is 19.5 Å². The lowest BCUT2D eigenvalue weighted by Crippen LogP contribution is -2.39. The summed E-state index contributed by atoms with van der Waals surface area (Å²) >= 11 is 7.33. The monoisotopic (exact) mass is 377 g/mol. The Bertz CT molecular complexity index is 881. The number of rotatable bonds is 5. The molecule has 1 amide bonds. The highest BCUT2D eigenvalue weighted by Gasteiger charge is 2.20. The van der Waals surface area contributed by atoms with Crippen LogP contribution in [0.4, 0.5) is 10.1 Å². The van der Waals surface area contributed by atoms with Crippen molar-refractivity contribution in [3.63, 3.8) is 0 Å². The molecule has 2 aromatic carbocycles. The van der Waals surface area contributed by atoms with Gasteiger partial charge in [-0.1, -0.05) is 23.7 Å². The van der Waals surface area contributed by atoms with Crippen LogP contribution in [0.25, 0.3) is 10.2 Å². The maximum absolute atomic E-state index is 13.8. The third-order valence-corrected chi connectivity index (χ3v) is 5.21. The second kappa shape index (κ2) is 7.47. The Kier molecular flexibility index (Phi) is 5.32. The van der Waals surface area contributed by atoms with Gasteiger partial charge in [-0.2, -0.15) is 0 Å². The number of carbonyl (C=O) groups is 1. The van der Waals surface area contributed by atoms with Crippen molar-refractivity contribution in [1.29, 1.82) is 0 Å². The molecule has 1 N–H and O–H groups in total. The second-order valence-electron chi connectivity index (χ2n) is 5.78. The lowest BCUT2D eigenvalue weighted by atomic mass is 10.2. The van der Waals surface area contributed by atoms with E-state index in [1.54, 1.807) is 18.3 Å². The molecule has 0 radical (unpaired) electrons. The minimum absolute atomic E-state index is 0.120. The van der Waals surface area contributed by atoms with Crippen molar-refractivity contribution in [1.82, 2.24) is 9.88 Å². The van der Waals surface area contributed by atoms with Gasteiger partial charge in [0.15, 0.2) is 0 Å². The van der Waals surface area contributed by atoms with Gasteiger partial charge in [-0.25, -0.2) is 9.37 Å². The van der Waals surface area contributed by atoms with Crippen LogP contribution in [0.15, 0.2) is 42.5 Å². The largest absolute Gasteiger partial charge is 0.322 e. The number of hydrogen-bond acceptors (Lipinski definition) is 4. The molecule has 3 aromatic rings. The van der Waals surface area contributed by atoms with Crippen molar-refractivity contribution in [3.05, 3.63) is 58.3 Å². The van der Waals surface area contributed by atoms with Gasteiger partial charge in [0.1, 0.15) is 10.8 Å². The Morgan fingerprint density at radius 2 is 2.12 bits per heavy atom. The molecule has 130 valence electrons. The normalized spacial score (nSPS) is 12.5. The molecule has 0 aliphatic rings. The number of nitrogens with zero attached hydrogens (tertiary/aromatic N) is 2. The second-order valence-corrected chi connectivity index (χ2v) is 7.33. The summed E-state index contributed by atoms with van der Waals surface area (Å²) in [6, 6.07) is 11.6. The average molecular weight is 378 g/mol. The summed E-state index contributed by atoms with van der Waals surface area (Å²) in [6.07, 6.45) is 0. The van der Waals surface area contributed by atoms with Gasteiger partial charge in [-0.05, 0) is 44.3 Å². The molecular formula is C18H17ClFN3OS. The number of benzene rings is 2. The van der Waals surface area contributed by atoms with E-state index in [1.165, 1.54) is 18.2 Å². The summed E-state index contributed by atoms with van der Waals surface area (Å²) in [5.41, 5.74) is 1.07. The fraction of sp³-hybridized carbons (Fsp3) is 0.222. The number of likely N-dealkylation sites (N-methyl/N-ethyl adjacent to an activating group) is 1. The van der Waals surface area contributed by atoms with Crippen LogP contribution in [0.3, 0.4) is 0 Å². The topological polar surface area (TPSA) is 45.2 Å². The quantitative estimate of drug-likeness (QED) is 0.709. The van der Waals surface area contributed by atoms with Crippen LogP contribution < -0.4 is 5.32 Å². The SMILES string of the molecule is C[C@@H](C(=O)Nc1ccc(Cl)cc1F)N(C)Cc1nc2ccccc2s1. The number of para-hydroxylation sites is 1. The molecule has 0 spiro atoms. The van der Waals surface area contributed by atoms with Gasteiger partial charge in [-0.3, -0.25) is 9.69 Å². The minimum Gasteiger partial charge on any atom is -0.322 e. The van der Waals surface area contributed by atoms with Crippen LogP contribution in [0.1, 0.15) is 11.9 Å². The van der Waals surface area contributed by atoms with Crippen LogP contribution >= 0.6 is 22.9 Å². The number of halogens is 2. The van der Waals surface area contributed by atoms with Gasteiger partial charge < -0.3 is 5.32 Å². The number of thiazole rings is 1. The fourth-order valence-electron chi connectivity index (χ4n) is 2.37. The van der Waals surface area contributed by atoms with Crippen LogP contribution in [0.5, 0.6) is 0 Å². The standard InChI is InChI=1S/C18H17ClFN3OS/c1-11(18(24)22-14-8-7-12(19)9-13(14)20)23(2)10-17-21-15-5-3-4-6-16(15)25-17/h3-9,11H,10H2,1-2H3,(H,22,24)/t11-/m0/s1. The first kappa shape index (κ1) is 17.8. The molecule has 0 unspecified atom stereocenters. The Morgan fingerprint density at radius 3 is 2.84 bits per heavy atom. The number of nitrogens with one attached hydrogen (secondary N) is 1. The van der Waals surface area contributed by atoms with Crippen molar-refractivity contribution in [2.75, 3.05) is 12.4 Å². The first-order valence-electron chi connectivity index (χ1n) is 7.74. The molecule has 25 heavy (non-hydrogen) atoms. The Balaban J connectivity index is 1.66. The van der Waals surface area contributed by atoms with Crippen LogP contribution in [-0.4, -0.2) is 28.9 Å². The molecule has 0 fully saturated rings. The maximum atomic E-state index is 13.8. The molecular weight excluding hydrogens is 361 g/mol. The molecule has 1 aromatic heterocycles. The summed E-state index contributed by atoms with van der Waals surface area (Å²) in [5.74, 6) is -0.841. The molecule has 3 rings (SSSR count). The van der Waals surface area contributed by atoms with Crippen LogP contribution in [-0.2, 0) is 11.3 Å². The third kappa shape index (κ3) is 4.15. The zero-order valence-electron chi connectivity index (χ0n) is 13.8. The molecule has 7 heteroatoms. The van der Waals surface area contributed by atoms with E-state index in [-0.39, 0.29) is 16.6 Å². The molecule has 1 heterocycles. The van der Waals surface area contributed by atoms with Gasteiger partial charge in [0, 0.05) is 5.02 Å². The van der Waals surface area contributed by atoms with Crippen molar-refractivity contribution >= 4 is 44.7 Å². The van der Waals surface area contributed by atoms with E-state index in [2.05, 4.69) is 10.3 Å². The molecule has 1 atom stereocenters. The lowest BCUT2D eigenvalue weighted by Gasteiger charge is -2.23. The number of fused-ring (bicyclic) bond motifs is 1. The number of amides is 1. The zero-order valence-corrected chi connectivity index (χ0v) is 15.4. The molecule has 0 aliphatic carbocycles. The zero-order chi connectivity index (χ0) is 18.0. The van der Waals surface area contributed by atoms with Crippen LogP contribution in [0, 0.1) is 5.82 Å². The van der Waals surface area contributed by atoms with E-state index in [0.717, 1.165) is 15.2 Å². The molecule has 0 bridgehead atoms. The molecule has 0 saturated heterocycles. The smallest absolute Gasteiger partial charge is 0.241 e. The predicted octanol–water partition coefficient (Wildman–Crippen LogP) is 4.55. The Hall–Kier alpha value is -2.02. The van der Waals surface area contributed by atoms with E-state index in [4.69, 9.17) is 11.6 Å².